The van der Waals surface area contributed by atoms with E-state index in [1.165, 1.54) is 12.1 Å². The first-order valence-electron chi connectivity index (χ1n) is 8.39. The van der Waals surface area contributed by atoms with E-state index in [1.54, 1.807) is 6.07 Å². The van der Waals surface area contributed by atoms with Crippen LogP contribution in [0.3, 0.4) is 0 Å². The maximum atomic E-state index is 12.4. The summed E-state index contributed by atoms with van der Waals surface area (Å²) in [6, 6.07) is 14.0. The number of hydrogen-bond acceptors (Lipinski definition) is 7. The number of benzene rings is 2. The largest absolute Gasteiger partial charge is 0.454 e. The van der Waals surface area contributed by atoms with Crippen LogP contribution in [0.25, 0.3) is 11.4 Å². The fourth-order valence-electron chi connectivity index (χ4n) is 2.63. The molecule has 0 amide bonds. The van der Waals surface area contributed by atoms with Crippen molar-refractivity contribution in [2.75, 3.05) is 13.3 Å². The maximum Gasteiger partial charge on any atom is 0.240 e. The summed E-state index contributed by atoms with van der Waals surface area (Å²) in [5.41, 5.74) is 0.871. The summed E-state index contributed by atoms with van der Waals surface area (Å²) in [5.74, 6) is 1.96. The Hall–Kier alpha value is -2.91. The van der Waals surface area contributed by atoms with Gasteiger partial charge in [-0.05, 0) is 18.6 Å². The molecule has 4 rings (SSSR count). The van der Waals surface area contributed by atoms with Crippen LogP contribution in [0.15, 0.2) is 57.9 Å². The molecule has 1 N–H and O–H groups in total. The van der Waals surface area contributed by atoms with Crippen LogP contribution in [0.2, 0.25) is 0 Å². The minimum atomic E-state index is -3.63. The zero-order valence-corrected chi connectivity index (χ0v) is 15.1. The Bertz CT molecular complexity index is 1030. The minimum absolute atomic E-state index is 0.0986. The van der Waals surface area contributed by atoms with Crippen molar-refractivity contribution >= 4 is 10.0 Å². The van der Waals surface area contributed by atoms with Crippen LogP contribution in [-0.2, 0) is 16.4 Å². The second-order valence-electron chi connectivity index (χ2n) is 5.89. The first-order valence-corrected chi connectivity index (χ1v) is 9.87. The fraction of sp³-hybridized carbons (Fsp3) is 0.222. The summed E-state index contributed by atoms with van der Waals surface area (Å²) in [6.45, 7) is 0.348. The molecule has 0 atom stereocenters. The third-order valence-corrected chi connectivity index (χ3v) is 5.47. The van der Waals surface area contributed by atoms with Crippen LogP contribution >= 0.6 is 0 Å². The highest BCUT2D eigenvalue weighted by atomic mass is 32.2. The number of aromatic nitrogens is 2. The monoisotopic (exact) mass is 387 g/mol. The molecular weight excluding hydrogens is 370 g/mol. The van der Waals surface area contributed by atoms with Crippen molar-refractivity contribution in [1.29, 1.82) is 0 Å². The molecule has 0 saturated carbocycles. The molecule has 9 heteroatoms. The van der Waals surface area contributed by atoms with Crippen LogP contribution in [0, 0.1) is 0 Å². The SMILES string of the molecule is O=S(=O)(NCCCc1nc(-c2ccccc2)no1)c1ccc2c(c1)OCO2. The van der Waals surface area contributed by atoms with Crippen molar-refractivity contribution in [1.82, 2.24) is 14.9 Å². The number of aryl methyl sites for hydroxylation is 1. The van der Waals surface area contributed by atoms with Crippen molar-refractivity contribution in [2.24, 2.45) is 0 Å². The van der Waals surface area contributed by atoms with Crippen molar-refractivity contribution < 1.29 is 22.4 Å². The van der Waals surface area contributed by atoms with Crippen molar-refractivity contribution in [3.05, 3.63) is 54.4 Å². The van der Waals surface area contributed by atoms with Crippen LogP contribution in [-0.4, -0.2) is 31.9 Å². The molecule has 0 unspecified atom stereocenters. The van der Waals surface area contributed by atoms with Gasteiger partial charge in [0, 0.05) is 24.6 Å². The fourth-order valence-corrected chi connectivity index (χ4v) is 3.72. The van der Waals surface area contributed by atoms with E-state index in [9.17, 15) is 8.42 Å². The number of nitrogens with zero attached hydrogens (tertiary/aromatic N) is 2. The Morgan fingerprint density at radius 1 is 1.04 bits per heavy atom. The van der Waals surface area contributed by atoms with Crippen molar-refractivity contribution in [3.63, 3.8) is 0 Å². The van der Waals surface area contributed by atoms with Gasteiger partial charge in [-0.1, -0.05) is 35.5 Å². The van der Waals surface area contributed by atoms with Crippen molar-refractivity contribution in [2.45, 2.75) is 17.7 Å². The van der Waals surface area contributed by atoms with Gasteiger partial charge in [0.05, 0.1) is 4.90 Å². The Kier molecular flexibility index (Phi) is 4.78. The molecule has 8 nitrogen and oxygen atoms in total. The van der Waals surface area contributed by atoms with Gasteiger partial charge in [0.15, 0.2) is 11.5 Å². The van der Waals surface area contributed by atoms with Gasteiger partial charge in [-0.2, -0.15) is 4.98 Å². The quantitative estimate of drug-likeness (QED) is 0.621. The first-order chi connectivity index (χ1) is 13.1. The molecule has 2 heterocycles. The Labute approximate surface area is 156 Å². The molecule has 0 aliphatic carbocycles. The molecule has 0 bridgehead atoms. The van der Waals surface area contributed by atoms with Crippen LogP contribution in [0.1, 0.15) is 12.3 Å². The van der Waals surface area contributed by atoms with Gasteiger partial charge >= 0.3 is 0 Å². The van der Waals surface area contributed by atoms with Gasteiger partial charge < -0.3 is 14.0 Å². The molecule has 27 heavy (non-hydrogen) atoms. The summed E-state index contributed by atoms with van der Waals surface area (Å²) in [4.78, 5) is 4.46. The first kappa shape index (κ1) is 17.5. The summed E-state index contributed by atoms with van der Waals surface area (Å²) >= 11 is 0. The lowest BCUT2D eigenvalue weighted by Crippen LogP contribution is -2.25. The zero-order valence-electron chi connectivity index (χ0n) is 14.3. The number of rotatable bonds is 7. The van der Waals surface area contributed by atoms with Crippen LogP contribution in [0.4, 0.5) is 0 Å². The van der Waals surface area contributed by atoms with Gasteiger partial charge in [-0.3, -0.25) is 0 Å². The zero-order chi connectivity index (χ0) is 18.7. The van der Waals surface area contributed by atoms with Gasteiger partial charge in [0.2, 0.25) is 28.5 Å². The van der Waals surface area contributed by atoms with E-state index < -0.39 is 10.0 Å². The van der Waals surface area contributed by atoms with Gasteiger partial charge in [0.1, 0.15) is 0 Å². The molecule has 0 spiro atoms. The molecule has 1 aliphatic heterocycles. The molecule has 0 saturated heterocycles. The van der Waals surface area contributed by atoms with E-state index in [-0.39, 0.29) is 18.2 Å². The molecule has 0 fully saturated rings. The average molecular weight is 387 g/mol. The summed E-state index contributed by atoms with van der Waals surface area (Å²) in [6.07, 6.45) is 1.00. The van der Waals surface area contributed by atoms with E-state index >= 15 is 0 Å². The van der Waals surface area contributed by atoms with E-state index in [2.05, 4.69) is 14.9 Å². The smallest absolute Gasteiger partial charge is 0.240 e. The van der Waals surface area contributed by atoms with E-state index in [0.717, 1.165) is 5.56 Å². The second-order valence-corrected chi connectivity index (χ2v) is 7.66. The lowest BCUT2D eigenvalue weighted by molar-refractivity contribution is 0.174. The standard InChI is InChI=1S/C18H17N3O5S/c22-27(23,14-8-9-15-16(11-14)25-12-24-15)19-10-4-7-17-20-18(21-26-17)13-5-2-1-3-6-13/h1-3,5-6,8-9,11,19H,4,7,10,12H2. The molecule has 140 valence electrons. The summed E-state index contributed by atoms with van der Waals surface area (Å²) in [7, 11) is -3.63. The van der Waals surface area contributed by atoms with E-state index in [0.29, 0.717) is 36.1 Å². The molecule has 1 aliphatic rings. The molecule has 0 radical (unpaired) electrons. The molecule has 3 aromatic rings. The highest BCUT2D eigenvalue weighted by Gasteiger charge is 2.20. The molecular formula is C18H17N3O5S. The van der Waals surface area contributed by atoms with Crippen molar-refractivity contribution in [3.8, 4) is 22.9 Å². The van der Waals surface area contributed by atoms with Crippen LogP contribution in [0.5, 0.6) is 11.5 Å². The normalized spacial score (nSPS) is 13.0. The molecule has 1 aromatic heterocycles. The van der Waals surface area contributed by atoms with E-state index in [4.69, 9.17) is 14.0 Å². The topological polar surface area (TPSA) is 104 Å². The third-order valence-electron chi connectivity index (χ3n) is 4.01. The molecule has 2 aromatic carbocycles. The number of nitrogens with one attached hydrogen (secondary N) is 1. The lowest BCUT2D eigenvalue weighted by atomic mass is 10.2. The lowest BCUT2D eigenvalue weighted by Gasteiger charge is -2.06. The Morgan fingerprint density at radius 2 is 1.85 bits per heavy atom. The highest BCUT2D eigenvalue weighted by Crippen LogP contribution is 2.33. The van der Waals surface area contributed by atoms with Gasteiger partial charge in [0.25, 0.3) is 0 Å². The number of fused-ring (bicyclic) bond motifs is 1. The Morgan fingerprint density at radius 3 is 2.70 bits per heavy atom. The summed E-state index contributed by atoms with van der Waals surface area (Å²) in [5, 5.41) is 3.94. The minimum Gasteiger partial charge on any atom is -0.454 e. The second kappa shape index (κ2) is 7.37. The third kappa shape index (κ3) is 3.93. The predicted molar refractivity (Wildman–Crippen MR) is 95.8 cm³/mol. The van der Waals surface area contributed by atoms with Crippen LogP contribution < -0.4 is 14.2 Å². The van der Waals surface area contributed by atoms with Gasteiger partial charge in [-0.25, -0.2) is 13.1 Å². The highest BCUT2D eigenvalue weighted by molar-refractivity contribution is 7.89. The average Bonchev–Trinajstić information content (AvgIpc) is 3.35. The number of hydrogen-bond donors (Lipinski definition) is 1. The number of sulfonamides is 1. The predicted octanol–water partition coefficient (Wildman–Crippen LogP) is 2.38. The maximum absolute atomic E-state index is 12.4. The van der Waals surface area contributed by atoms with Gasteiger partial charge in [-0.15, -0.1) is 0 Å². The number of ether oxygens (including phenoxy) is 2. The summed E-state index contributed by atoms with van der Waals surface area (Å²) < 4.78 is 42.9. The van der Waals surface area contributed by atoms with E-state index in [1.807, 2.05) is 30.3 Å². The Balaban J connectivity index is 1.31.